The van der Waals surface area contributed by atoms with Crippen LogP contribution in [0.15, 0.2) is 36.5 Å². The van der Waals surface area contributed by atoms with E-state index in [9.17, 15) is 4.79 Å². The Labute approximate surface area is 129 Å². The van der Waals surface area contributed by atoms with Gasteiger partial charge in [-0.25, -0.2) is 4.98 Å². The molecule has 0 bridgehead atoms. The van der Waals surface area contributed by atoms with Crippen molar-refractivity contribution in [3.63, 3.8) is 0 Å². The summed E-state index contributed by atoms with van der Waals surface area (Å²) in [7, 11) is 3.46. The normalized spacial score (nSPS) is 12.5. The van der Waals surface area contributed by atoms with Crippen LogP contribution >= 0.6 is 0 Å². The van der Waals surface area contributed by atoms with Gasteiger partial charge in [0.1, 0.15) is 11.6 Å². The molecular weight excluding hydrogens is 278 g/mol. The fraction of sp³-hybridized carbons (Fsp3) is 0.294. The van der Waals surface area contributed by atoms with Crippen molar-refractivity contribution in [2.24, 2.45) is 0 Å². The number of pyridine rings is 1. The van der Waals surface area contributed by atoms with Crippen LogP contribution in [0.3, 0.4) is 0 Å². The van der Waals surface area contributed by atoms with Gasteiger partial charge in [0.2, 0.25) is 0 Å². The molecule has 0 fully saturated rings. The van der Waals surface area contributed by atoms with E-state index >= 15 is 0 Å². The smallest absolute Gasteiger partial charge is 0.254 e. The van der Waals surface area contributed by atoms with Crippen molar-refractivity contribution in [2.75, 3.05) is 26.0 Å². The number of amides is 1. The molecule has 2 heterocycles. The summed E-state index contributed by atoms with van der Waals surface area (Å²) in [5, 5.41) is 3.27. The summed E-state index contributed by atoms with van der Waals surface area (Å²) in [4.78, 5) is 17.6. The predicted octanol–water partition coefficient (Wildman–Crippen LogP) is 2.33. The van der Waals surface area contributed by atoms with Crippen LogP contribution < -0.4 is 10.1 Å². The first-order chi connectivity index (χ1) is 10.6. The zero-order valence-electron chi connectivity index (χ0n) is 12.8. The second kappa shape index (κ2) is 6.05. The van der Waals surface area contributed by atoms with E-state index in [0.29, 0.717) is 12.1 Å². The Balaban J connectivity index is 1.63. The average Bonchev–Trinajstić information content (AvgIpc) is 3.00. The van der Waals surface area contributed by atoms with Gasteiger partial charge in [-0.3, -0.25) is 4.79 Å². The van der Waals surface area contributed by atoms with Crippen molar-refractivity contribution < 1.29 is 9.53 Å². The minimum Gasteiger partial charge on any atom is -0.493 e. The van der Waals surface area contributed by atoms with Crippen molar-refractivity contribution >= 4 is 11.7 Å². The van der Waals surface area contributed by atoms with Crippen molar-refractivity contribution in [3.8, 4) is 5.75 Å². The zero-order valence-corrected chi connectivity index (χ0v) is 12.8. The molecule has 1 aromatic heterocycles. The molecule has 0 radical (unpaired) electrons. The molecule has 1 N–H and O–H groups in total. The molecule has 1 aliphatic heterocycles. The Hall–Kier alpha value is -2.56. The Morgan fingerprint density at radius 2 is 2.18 bits per heavy atom. The summed E-state index contributed by atoms with van der Waals surface area (Å²) in [5.41, 5.74) is 3.05. The maximum absolute atomic E-state index is 11.8. The average molecular weight is 297 g/mol. The minimum absolute atomic E-state index is 0.0438. The van der Waals surface area contributed by atoms with Gasteiger partial charge >= 0.3 is 0 Å². The van der Waals surface area contributed by atoms with Gasteiger partial charge in [0.15, 0.2) is 0 Å². The van der Waals surface area contributed by atoms with Crippen LogP contribution in [-0.2, 0) is 13.0 Å². The minimum atomic E-state index is -0.0438. The van der Waals surface area contributed by atoms with E-state index in [0.717, 1.165) is 24.6 Å². The summed E-state index contributed by atoms with van der Waals surface area (Å²) >= 11 is 0. The molecule has 2 aromatic rings. The van der Waals surface area contributed by atoms with Crippen molar-refractivity contribution in [1.82, 2.24) is 9.88 Å². The first-order valence-electron chi connectivity index (χ1n) is 7.29. The summed E-state index contributed by atoms with van der Waals surface area (Å²) in [5.74, 6) is 1.71. The van der Waals surface area contributed by atoms with Crippen LogP contribution in [0.4, 0.5) is 5.82 Å². The van der Waals surface area contributed by atoms with E-state index in [2.05, 4.69) is 22.4 Å². The van der Waals surface area contributed by atoms with E-state index in [-0.39, 0.29) is 5.91 Å². The van der Waals surface area contributed by atoms with Gasteiger partial charge < -0.3 is 15.0 Å². The van der Waals surface area contributed by atoms with Gasteiger partial charge in [0.25, 0.3) is 5.91 Å². The third kappa shape index (κ3) is 3.03. The van der Waals surface area contributed by atoms with E-state index in [1.807, 2.05) is 12.1 Å². The molecular formula is C17H19N3O2. The van der Waals surface area contributed by atoms with E-state index in [1.165, 1.54) is 16.0 Å². The Bertz CT molecular complexity index is 681. The van der Waals surface area contributed by atoms with Crippen molar-refractivity contribution in [3.05, 3.63) is 53.2 Å². The van der Waals surface area contributed by atoms with Gasteiger partial charge in [0.05, 0.1) is 12.2 Å². The maximum Gasteiger partial charge on any atom is 0.254 e. The molecule has 1 aliphatic rings. The molecule has 22 heavy (non-hydrogen) atoms. The molecule has 5 heteroatoms. The third-order valence-electron chi connectivity index (χ3n) is 3.64. The standard InChI is InChI=1S/C17H19N3O2/c1-20(2)17(21)14-4-6-16(19-11-14)18-10-12-3-5-15-13(9-12)7-8-22-15/h3-6,9,11H,7-8,10H2,1-2H3,(H,18,19). The summed E-state index contributed by atoms with van der Waals surface area (Å²) in [6, 6.07) is 9.85. The number of carbonyl (C=O) groups is 1. The highest BCUT2D eigenvalue weighted by atomic mass is 16.5. The molecule has 0 saturated carbocycles. The van der Waals surface area contributed by atoms with Gasteiger partial charge in [-0.05, 0) is 29.3 Å². The SMILES string of the molecule is CN(C)C(=O)c1ccc(NCc2ccc3c(c2)CCO3)nc1. The Morgan fingerprint density at radius 3 is 2.91 bits per heavy atom. The molecule has 114 valence electrons. The molecule has 5 nitrogen and oxygen atoms in total. The number of anilines is 1. The molecule has 1 aromatic carbocycles. The van der Waals surface area contributed by atoms with E-state index in [1.54, 1.807) is 26.4 Å². The summed E-state index contributed by atoms with van der Waals surface area (Å²) < 4.78 is 5.50. The lowest BCUT2D eigenvalue weighted by molar-refractivity contribution is 0.0827. The second-order valence-corrected chi connectivity index (χ2v) is 5.53. The fourth-order valence-corrected chi connectivity index (χ4v) is 2.43. The number of nitrogens with one attached hydrogen (secondary N) is 1. The highest BCUT2D eigenvalue weighted by Crippen LogP contribution is 2.26. The zero-order chi connectivity index (χ0) is 15.5. The highest BCUT2D eigenvalue weighted by Gasteiger charge is 2.12. The summed E-state index contributed by atoms with van der Waals surface area (Å²) in [6.45, 7) is 1.47. The maximum atomic E-state index is 11.8. The van der Waals surface area contributed by atoms with Crippen LogP contribution in [-0.4, -0.2) is 36.5 Å². The number of carbonyl (C=O) groups excluding carboxylic acids is 1. The lowest BCUT2D eigenvalue weighted by atomic mass is 10.1. The fourth-order valence-electron chi connectivity index (χ4n) is 2.43. The van der Waals surface area contributed by atoms with Crippen LogP contribution in [0.2, 0.25) is 0 Å². The van der Waals surface area contributed by atoms with Crippen LogP contribution in [0, 0.1) is 0 Å². The number of nitrogens with zero attached hydrogens (tertiary/aromatic N) is 2. The number of hydrogen-bond donors (Lipinski definition) is 1. The third-order valence-corrected chi connectivity index (χ3v) is 3.64. The number of rotatable bonds is 4. The monoisotopic (exact) mass is 297 g/mol. The van der Waals surface area contributed by atoms with Crippen LogP contribution in [0.25, 0.3) is 0 Å². The topological polar surface area (TPSA) is 54.5 Å². The molecule has 0 unspecified atom stereocenters. The Morgan fingerprint density at radius 1 is 1.32 bits per heavy atom. The number of benzene rings is 1. The van der Waals surface area contributed by atoms with Gasteiger partial charge in [0, 0.05) is 33.3 Å². The highest BCUT2D eigenvalue weighted by molar-refractivity contribution is 5.93. The molecule has 1 amide bonds. The number of fused-ring (bicyclic) bond motifs is 1. The first-order valence-corrected chi connectivity index (χ1v) is 7.29. The van der Waals surface area contributed by atoms with Crippen molar-refractivity contribution in [1.29, 1.82) is 0 Å². The molecule has 0 saturated heterocycles. The first kappa shape index (κ1) is 14.4. The summed E-state index contributed by atoms with van der Waals surface area (Å²) in [6.07, 6.45) is 2.57. The molecule has 3 rings (SSSR count). The second-order valence-electron chi connectivity index (χ2n) is 5.53. The lowest BCUT2D eigenvalue weighted by Gasteiger charge is -2.11. The van der Waals surface area contributed by atoms with Gasteiger partial charge in [-0.15, -0.1) is 0 Å². The molecule has 0 atom stereocenters. The number of ether oxygens (including phenoxy) is 1. The largest absolute Gasteiger partial charge is 0.493 e. The van der Waals surface area contributed by atoms with E-state index < -0.39 is 0 Å². The molecule has 0 spiro atoms. The van der Waals surface area contributed by atoms with E-state index in [4.69, 9.17) is 4.74 Å². The molecule has 0 aliphatic carbocycles. The quantitative estimate of drug-likeness (QED) is 0.941. The van der Waals surface area contributed by atoms with Gasteiger partial charge in [-0.2, -0.15) is 0 Å². The number of aromatic nitrogens is 1. The van der Waals surface area contributed by atoms with Crippen LogP contribution in [0.5, 0.6) is 5.75 Å². The van der Waals surface area contributed by atoms with Crippen molar-refractivity contribution in [2.45, 2.75) is 13.0 Å². The predicted molar refractivity (Wildman–Crippen MR) is 85.2 cm³/mol. The Kier molecular flexibility index (Phi) is 3.96. The van der Waals surface area contributed by atoms with Crippen LogP contribution in [0.1, 0.15) is 21.5 Å². The van der Waals surface area contributed by atoms with Gasteiger partial charge in [-0.1, -0.05) is 12.1 Å². The number of hydrogen-bond acceptors (Lipinski definition) is 4. The lowest BCUT2D eigenvalue weighted by Crippen LogP contribution is -2.21.